The normalized spacial score (nSPS) is 12.1. The number of hydrogen-bond acceptors (Lipinski definition) is 2. The SMILES string of the molecule is CCCCCCCCCCCCc1ccc(-c2cc3c(ccc4c3ccc3c5ccc6[nH]c(-c7ccc(CCCCCCCCCCCC)o7)cc6c5ccc43)[nH]2)o1. The Kier molecular flexibility index (Phi) is 13.7. The topological polar surface area (TPSA) is 57.9 Å². The van der Waals surface area contributed by atoms with Crippen LogP contribution in [0.2, 0.25) is 0 Å². The minimum absolute atomic E-state index is 0.924. The molecule has 0 aliphatic rings. The van der Waals surface area contributed by atoms with Crippen molar-refractivity contribution in [3.8, 4) is 22.9 Å². The fourth-order valence-electron chi connectivity index (χ4n) is 9.42. The summed E-state index contributed by atoms with van der Waals surface area (Å²) in [7, 11) is 0. The Bertz CT molecular complexity index is 2350. The van der Waals surface area contributed by atoms with E-state index in [4.69, 9.17) is 8.83 Å². The van der Waals surface area contributed by atoms with Gasteiger partial charge in [0.25, 0.3) is 0 Å². The fraction of sp³-hybridized carbons (Fsp3) is 0.444. The number of furan rings is 2. The van der Waals surface area contributed by atoms with Gasteiger partial charge in [0, 0.05) is 34.6 Å². The Labute approximate surface area is 346 Å². The molecule has 8 aromatic rings. The molecule has 4 heteroatoms. The van der Waals surface area contributed by atoms with Crippen LogP contribution in [0.3, 0.4) is 0 Å². The second-order valence-electron chi connectivity index (χ2n) is 17.2. The lowest BCUT2D eigenvalue weighted by molar-refractivity contribution is 0.498. The number of fused-ring (bicyclic) bond motifs is 9. The van der Waals surface area contributed by atoms with Gasteiger partial charge in [-0.1, -0.05) is 166 Å². The number of H-pyrrole nitrogens is 2. The second-order valence-corrected chi connectivity index (χ2v) is 17.2. The highest BCUT2D eigenvalue weighted by Gasteiger charge is 2.15. The van der Waals surface area contributed by atoms with Crippen LogP contribution in [-0.2, 0) is 12.8 Å². The van der Waals surface area contributed by atoms with Crippen molar-refractivity contribution in [1.82, 2.24) is 9.97 Å². The number of hydrogen-bond donors (Lipinski definition) is 2. The number of rotatable bonds is 24. The molecule has 0 spiro atoms. The molecular formula is C54H66N2O2. The van der Waals surface area contributed by atoms with E-state index < -0.39 is 0 Å². The first-order valence-electron chi connectivity index (χ1n) is 23.3. The lowest BCUT2D eigenvalue weighted by atomic mass is 9.94. The molecule has 0 aliphatic carbocycles. The van der Waals surface area contributed by atoms with Gasteiger partial charge in [-0.15, -0.1) is 0 Å². The van der Waals surface area contributed by atoms with E-state index in [1.54, 1.807) is 0 Å². The molecular weight excluding hydrogens is 709 g/mol. The molecule has 0 radical (unpaired) electrons. The van der Waals surface area contributed by atoms with Crippen molar-refractivity contribution in [2.24, 2.45) is 0 Å². The summed E-state index contributed by atoms with van der Waals surface area (Å²) < 4.78 is 12.8. The molecule has 8 rings (SSSR count). The van der Waals surface area contributed by atoms with Gasteiger partial charge in [-0.05, 0) is 93.7 Å². The minimum atomic E-state index is 0.924. The number of benzene rings is 4. The molecule has 0 amide bonds. The van der Waals surface area contributed by atoms with Crippen molar-refractivity contribution in [1.29, 1.82) is 0 Å². The van der Waals surface area contributed by atoms with Crippen molar-refractivity contribution in [3.05, 3.63) is 96.4 Å². The molecule has 4 aromatic carbocycles. The molecule has 0 saturated carbocycles. The van der Waals surface area contributed by atoms with E-state index in [0.29, 0.717) is 0 Å². The van der Waals surface area contributed by atoms with Gasteiger partial charge in [0.2, 0.25) is 0 Å². The number of aromatic nitrogens is 2. The second kappa shape index (κ2) is 19.8. The first-order valence-corrected chi connectivity index (χ1v) is 23.3. The quantitative estimate of drug-likeness (QED) is 0.0474. The van der Waals surface area contributed by atoms with Crippen molar-refractivity contribution in [3.63, 3.8) is 0 Å². The average Bonchev–Trinajstić information content (AvgIpc) is 4.08. The van der Waals surface area contributed by atoms with Gasteiger partial charge < -0.3 is 18.8 Å². The highest BCUT2D eigenvalue weighted by atomic mass is 16.3. The molecule has 0 saturated heterocycles. The summed E-state index contributed by atoms with van der Waals surface area (Å²) in [6.07, 6.45) is 29.1. The molecule has 4 heterocycles. The monoisotopic (exact) mass is 775 g/mol. The largest absolute Gasteiger partial charge is 0.460 e. The molecule has 304 valence electrons. The Balaban J connectivity index is 0.911. The maximum absolute atomic E-state index is 6.38. The van der Waals surface area contributed by atoms with Crippen LogP contribution in [0.4, 0.5) is 0 Å². The van der Waals surface area contributed by atoms with Crippen LogP contribution in [-0.4, -0.2) is 9.97 Å². The van der Waals surface area contributed by atoms with Crippen molar-refractivity contribution in [2.45, 2.75) is 155 Å². The van der Waals surface area contributed by atoms with Crippen molar-refractivity contribution < 1.29 is 8.83 Å². The molecule has 0 unspecified atom stereocenters. The zero-order valence-electron chi connectivity index (χ0n) is 35.5. The van der Waals surface area contributed by atoms with Gasteiger partial charge in [-0.3, -0.25) is 0 Å². The third kappa shape index (κ3) is 9.43. The van der Waals surface area contributed by atoms with Crippen LogP contribution in [0.1, 0.15) is 154 Å². The highest BCUT2D eigenvalue weighted by Crippen LogP contribution is 2.39. The Morgan fingerprint density at radius 3 is 1.00 bits per heavy atom. The molecule has 58 heavy (non-hydrogen) atoms. The Morgan fingerprint density at radius 1 is 0.328 bits per heavy atom. The van der Waals surface area contributed by atoms with E-state index in [1.165, 1.54) is 172 Å². The predicted octanol–water partition coefficient (Wildman–Crippen LogP) is 17.6. The number of aromatic amines is 2. The number of unbranched alkanes of at least 4 members (excludes halogenated alkanes) is 18. The molecule has 2 N–H and O–H groups in total. The van der Waals surface area contributed by atoms with Crippen molar-refractivity contribution >= 4 is 54.1 Å². The Morgan fingerprint density at radius 2 is 0.638 bits per heavy atom. The fourth-order valence-corrected chi connectivity index (χ4v) is 9.42. The molecule has 0 fully saturated rings. The average molecular weight is 775 g/mol. The van der Waals surface area contributed by atoms with E-state index in [1.807, 2.05) is 0 Å². The summed E-state index contributed by atoms with van der Waals surface area (Å²) in [6, 6.07) is 31.4. The zero-order chi connectivity index (χ0) is 39.5. The maximum atomic E-state index is 6.38. The van der Waals surface area contributed by atoms with Gasteiger partial charge in [0.1, 0.15) is 11.5 Å². The molecule has 4 nitrogen and oxygen atoms in total. The lowest BCUT2D eigenvalue weighted by Crippen LogP contribution is -1.84. The van der Waals surface area contributed by atoms with E-state index in [2.05, 4.69) is 109 Å². The molecule has 0 aliphatic heterocycles. The Hall–Kier alpha value is -4.70. The van der Waals surface area contributed by atoms with Crippen LogP contribution < -0.4 is 0 Å². The molecule has 4 aromatic heterocycles. The van der Waals surface area contributed by atoms with E-state index >= 15 is 0 Å². The summed E-state index contributed by atoms with van der Waals surface area (Å²) in [5.74, 6) is 4.03. The van der Waals surface area contributed by atoms with Gasteiger partial charge in [-0.2, -0.15) is 0 Å². The van der Waals surface area contributed by atoms with Crippen LogP contribution in [0.25, 0.3) is 77.0 Å². The van der Waals surface area contributed by atoms with Gasteiger partial charge in [0.15, 0.2) is 11.5 Å². The first kappa shape index (κ1) is 40.1. The summed E-state index contributed by atoms with van der Waals surface area (Å²) in [4.78, 5) is 7.32. The minimum Gasteiger partial charge on any atom is -0.460 e. The van der Waals surface area contributed by atoms with E-state index in [9.17, 15) is 0 Å². The summed E-state index contributed by atoms with van der Waals surface area (Å²) in [6.45, 7) is 4.58. The predicted molar refractivity (Wildman–Crippen MR) is 249 cm³/mol. The van der Waals surface area contributed by atoms with Gasteiger partial charge in [-0.25, -0.2) is 0 Å². The van der Waals surface area contributed by atoms with Crippen LogP contribution in [0, 0.1) is 0 Å². The van der Waals surface area contributed by atoms with Crippen LogP contribution in [0.15, 0.2) is 93.8 Å². The lowest BCUT2D eigenvalue weighted by Gasteiger charge is -2.09. The zero-order valence-corrected chi connectivity index (χ0v) is 35.5. The van der Waals surface area contributed by atoms with Gasteiger partial charge >= 0.3 is 0 Å². The highest BCUT2D eigenvalue weighted by molar-refractivity contribution is 6.25. The maximum Gasteiger partial charge on any atom is 0.150 e. The molecule has 0 bridgehead atoms. The van der Waals surface area contributed by atoms with Crippen LogP contribution in [0.5, 0.6) is 0 Å². The standard InChI is InChI=1S/C54H66N2O2/c1-3-5-7-9-11-13-15-17-19-21-23-39-25-35-53(57-39)51-37-47-45-29-27-42-41(43(45)31-33-49(47)55-51)28-30-46-44(42)32-34-50-48(46)38-52(56-50)54-36-26-40(58-54)24-22-20-18-16-14-12-10-8-6-4-2/h25-38,55-56H,3-24H2,1-2H3. The number of nitrogens with one attached hydrogen (secondary N) is 2. The third-order valence-corrected chi connectivity index (χ3v) is 12.8. The van der Waals surface area contributed by atoms with E-state index in [0.717, 1.165) is 58.3 Å². The van der Waals surface area contributed by atoms with E-state index in [-0.39, 0.29) is 0 Å². The molecule has 0 atom stereocenters. The summed E-state index contributed by atoms with van der Waals surface area (Å²) in [5.41, 5.74) is 4.37. The number of aryl methyl sites for hydroxylation is 2. The van der Waals surface area contributed by atoms with Crippen LogP contribution >= 0.6 is 0 Å². The summed E-state index contributed by atoms with van der Waals surface area (Å²) in [5, 5.41) is 10.1. The third-order valence-electron chi connectivity index (χ3n) is 12.8. The van der Waals surface area contributed by atoms with Crippen molar-refractivity contribution in [2.75, 3.05) is 0 Å². The first-order chi connectivity index (χ1) is 28.7. The summed E-state index contributed by atoms with van der Waals surface area (Å²) >= 11 is 0. The van der Waals surface area contributed by atoms with Gasteiger partial charge in [0.05, 0.1) is 11.4 Å². The smallest absolute Gasteiger partial charge is 0.150 e.